The number of hydrogen-bond acceptors (Lipinski definition) is 3. The Morgan fingerprint density at radius 2 is 2.19 bits per heavy atom. The fraction of sp³-hybridized carbons (Fsp3) is 0.200. The van der Waals surface area contributed by atoms with Gasteiger partial charge in [-0.25, -0.2) is 0 Å². The van der Waals surface area contributed by atoms with Gasteiger partial charge < -0.3 is 10.1 Å². The SMILES string of the molecule is C[C@@H](Oc1cc(Cl)ccc1Cl)C(=O)NCc1cccnc1. The summed E-state index contributed by atoms with van der Waals surface area (Å²) in [6.45, 7) is 2.04. The average molecular weight is 325 g/mol. The van der Waals surface area contributed by atoms with Gasteiger partial charge in [-0.2, -0.15) is 0 Å². The number of benzene rings is 1. The maximum absolute atomic E-state index is 12.0. The van der Waals surface area contributed by atoms with Crippen molar-refractivity contribution in [1.82, 2.24) is 10.3 Å². The van der Waals surface area contributed by atoms with Crippen LogP contribution >= 0.6 is 23.2 Å². The minimum Gasteiger partial charge on any atom is -0.479 e. The molecule has 1 aromatic heterocycles. The molecule has 0 unspecified atom stereocenters. The van der Waals surface area contributed by atoms with Crippen LogP contribution in [0.3, 0.4) is 0 Å². The fourth-order valence-corrected chi connectivity index (χ4v) is 1.97. The Balaban J connectivity index is 1.92. The Bertz CT molecular complexity index is 620. The van der Waals surface area contributed by atoms with Crippen LogP contribution < -0.4 is 10.1 Å². The van der Waals surface area contributed by atoms with Crippen molar-refractivity contribution in [3.05, 3.63) is 58.3 Å². The Hall–Kier alpha value is -1.78. The monoisotopic (exact) mass is 324 g/mol. The van der Waals surface area contributed by atoms with Crippen LogP contribution in [0.1, 0.15) is 12.5 Å². The van der Waals surface area contributed by atoms with E-state index in [1.54, 1.807) is 37.5 Å². The van der Waals surface area contributed by atoms with Crippen LogP contribution in [0.5, 0.6) is 5.75 Å². The Labute approximate surface area is 133 Å². The molecule has 4 nitrogen and oxygen atoms in total. The van der Waals surface area contributed by atoms with Gasteiger partial charge in [0, 0.05) is 30.0 Å². The highest BCUT2D eigenvalue weighted by molar-refractivity contribution is 6.34. The molecular formula is C15H14Cl2N2O2. The minimum atomic E-state index is -0.683. The summed E-state index contributed by atoms with van der Waals surface area (Å²) in [5.74, 6) is 0.142. The first kappa shape index (κ1) is 15.6. The molecule has 0 saturated carbocycles. The molecule has 1 amide bonds. The van der Waals surface area contributed by atoms with Crippen LogP contribution in [-0.2, 0) is 11.3 Å². The number of halogens is 2. The first-order valence-electron chi connectivity index (χ1n) is 6.34. The van der Waals surface area contributed by atoms with Gasteiger partial charge in [0.15, 0.2) is 6.10 Å². The van der Waals surface area contributed by atoms with E-state index in [2.05, 4.69) is 10.3 Å². The molecule has 6 heteroatoms. The summed E-state index contributed by atoms with van der Waals surface area (Å²) in [5, 5.41) is 3.68. The molecule has 0 spiro atoms. The van der Waals surface area contributed by atoms with Gasteiger partial charge in [-0.05, 0) is 30.7 Å². The van der Waals surface area contributed by atoms with Crippen molar-refractivity contribution in [3.63, 3.8) is 0 Å². The molecule has 0 aliphatic heterocycles. The van der Waals surface area contributed by atoms with E-state index in [4.69, 9.17) is 27.9 Å². The van der Waals surface area contributed by atoms with Gasteiger partial charge in [-0.15, -0.1) is 0 Å². The van der Waals surface area contributed by atoms with E-state index in [0.717, 1.165) is 5.56 Å². The van der Waals surface area contributed by atoms with Crippen molar-refractivity contribution in [2.24, 2.45) is 0 Å². The van der Waals surface area contributed by atoms with Gasteiger partial charge >= 0.3 is 0 Å². The number of pyridine rings is 1. The molecule has 2 aromatic rings. The number of carbonyl (C=O) groups excluding carboxylic acids is 1. The zero-order valence-electron chi connectivity index (χ0n) is 11.3. The lowest BCUT2D eigenvalue weighted by atomic mass is 10.2. The third-order valence-corrected chi connectivity index (χ3v) is 3.30. The highest BCUT2D eigenvalue weighted by atomic mass is 35.5. The molecule has 0 radical (unpaired) electrons. The van der Waals surface area contributed by atoms with Crippen molar-refractivity contribution in [2.75, 3.05) is 0 Å². The van der Waals surface area contributed by atoms with E-state index in [1.165, 1.54) is 0 Å². The molecule has 0 aliphatic rings. The van der Waals surface area contributed by atoms with E-state index < -0.39 is 6.10 Å². The molecule has 1 N–H and O–H groups in total. The Morgan fingerprint density at radius 3 is 2.90 bits per heavy atom. The van der Waals surface area contributed by atoms with Gasteiger partial charge in [0.1, 0.15) is 5.75 Å². The number of rotatable bonds is 5. The molecule has 0 bridgehead atoms. The summed E-state index contributed by atoms with van der Waals surface area (Å²) >= 11 is 11.9. The standard InChI is InChI=1S/C15H14Cl2N2O2/c1-10(21-14-7-12(16)4-5-13(14)17)15(20)19-9-11-3-2-6-18-8-11/h2-8,10H,9H2,1H3,(H,19,20)/t10-/m1/s1. The normalized spacial score (nSPS) is 11.8. The van der Waals surface area contributed by atoms with Gasteiger partial charge in [0.25, 0.3) is 5.91 Å². The highest BCUT2D eigenvalue weighted by Gasteiger charge is 2.16. The maximum Gasteiger partial charge on any atom is 0.261 e. The first-order valence-corrected chi connectivity index (χ1v) is 7.10. The number of nitrogens with one attached hydrogen (secondary N) is 1. The average Bonchev–Trinajstić information content (AvgIpc) is 2.49. The molecule has 0 aliphatic carbocycles. The van der Waals surface area contributed by atoms with Crippen LogP contribution in [0.4, 0.5) is 0 Å². The number of ether oxygens (including phenoxy) is 1. The van der Waals surface area contributed by atoms with Crippen LogP contribution in [-0.4, -0.2) is 17.0 Å². The summed E-state index contributed by atoms with van der Waals surface area (Å²) < 4.78 is 5.53. The van der Waals surface area contributed by atoms with E-state index in [0.29, 0.717) is 22.3 Å². The second-order valence-electron chi connectivity index (χ2n) is 4.41. The Kier molecular flexibility index (Phi) is 5.42. The minimum absolute atomic E-state index is 0.241. The fourth-order valence-electron chi connectivity index (χ4n) is 1.65. The molecular weight excluding hydrogens is 311 g/mol. The lowest BCUT2D eigenvalue weighted by molar-refractivity contribution is -0.127. The van der Waals surface area contributed by atoms with Crippen molar-refractivity contribution < 1.29 is 9.53 Å². The third kappa shape index (κ3) is 4.62. The quantitative estimate of drug-likeness (QED) is 0.916. The van der Waals surface area contributed by atoms with E-state index in [9.17, 15) is 4.79 Å². The van der Waals surface area contributed by atoms with Gasteiger partial charge in [0.05, 0.1) is 5.02 Å². The molecule has 1 aromatic carbocycles. The first-order chi connectivity index (χ1) is 10.1. The lowest BCUT2D eigenvalue weighted by Gasteiger charge is -2.15. The van der Waals surface area contributed by atoms with Crippen molar-refractivity contribution >= 4 is 29.1 Å². The number of carbonyl (C=O) groups is 1. The zero-order chi connectivity index (χ0) is 15.2. The lowest BCUT2D eigenvalue weighted by Crippen LogP contribution is -2.35. The van der Waals surface area contributed by atoms with Crippen molar-refractivity contribution in [2.45, 2.75) is 19.6 Å². The van der Waals surface area contributed by atoms with Crippen molar-refractivity contribution in [1.29, 1.82) is 0 Å². The largest absolute Gasteiger partial charge is 0.479 e. The van der Waals surface area contributed by atoms with Gasteiger partial charge in [0.2, 0.25) is 0 Å². The number of aromatic nitrogens is 1. The number of amides is 1. The topological polar surface area (TPSA) is 51.2 Å². The summed E-state index contributed by atoms with van der Waals surface area (Å²) in [7, 11) is 0. The summed E-state index contributed by atoms with van der Waals surface area (Å²) in [6.07, 6.45) is 2.69. The molecule has 0 fully saturated rings. The van der Waals surface area contributed by atoms with Crippen LogP contribution in [0.15, 0.2) is 42.7 Å². The summed E-state index contributed by atoms with van der Waals surface area (Å²) in [6, 6.07) is 8.55. The predicted molar refractivity (Wildman–Crippen MR) is 82.6 cm³/mol. The second-order valence-corrected chi connectivity index (χ2v) is 5.26. The highest BCUT2D eigenvalue weighted by Crippen LogP contribution is 2.28. The third-order valence-electron chi connectivity index (χ3n) is 2.76. The second kappa shape index (κ2) is 7.29. The molecule has 2 rings (SSSR count). The van der Waals surface area contributed by atoms with Crippen LogP contribution in [0.25, 0.3) is 0 Å². The number of hydrogen-bond donors (Lipinski definition) is 1. The van der Waals surface area contributed by atoms with Crippen LogP contribution in [0.2, 0.25) is 10.0 Å². The Morgan fingerprint density at radius 1 is 1.38 bits per heavy atom. The molecule has 1 atom stereocenters. The molecule has 1 heterocycles. The summed E-state index contributed by atoms with van der Waals surface area (Å²) in [5.41, 5.74) is 0.916. The molecule has 110 valence electrons. The van der Waals surface area contributed by atoms with Crippen molar-refractivity contribution in [3.8, 4) is 5.75 Å². The summed E-state index contributed by atoms with van der Waals surface area (Å²) in [4.78, 5) is 16.0. The smallest absolute Gasteiger partial charge is 0.261 e. The van der Waals surface area contributed by atoms with E-state index >= 15 is 0 Å². The maximum atomic E-state index is 12.0. The van der Waals surface area contributed by atoms with E-state index in [1.807, 2.05) is 12.1 Å². The predicted octanol–water partition coefficient (Wildman–Crippen LogP) is 3.47. The van der Waals surface area contributed by atoms with Gasteiger partial charge in [-0.3, -0.25) is 9.78 Å². The van der Waals surface area contributed by atoms with E-state index in [-0.39, 0.29) is 5.91 Å². The molecule has 0 saturated heterocycles. The zero-order valence-corrected chi connectivity index (χ0v) is 12.9. The number of nitrogens with zero attached hydrogens (tertiary/aromatic N) is 1. The molecule has 21 heavy (non-hydrogen) atoms. The van der Waals surface area contributed by atoms with Crippen LogP contribution in [0, 0.1) is 0 Å². The van der Waals surface area contributed by atoms with Gasteiger partial charge in [-0.1, -0.05) is 29.3 Å².